The van der Waals surface area contributed by atoms with Gasteiger partial charge in [-0.3, -0.25) is 4.68 Å². The van der Waals surface area contributed by atoms with E-state index in [0.29, 0.717) is 6.54 Å². The molecule has 0 fully saturated rings. The van der Waals surface area contributed by atoms with Crippen molar-refractivity contribution in [3.8, 4) is 0 Å². The van der Waals surface area contributed by atoms with Crippen LogP contribution >= 0.6 is 0 Å². The van der Waals surface area contributed by atoms with Crippen molar-refractivity contribution >= 4 is 0 Å². The molecule has 1 heterocycles. The Balaban J connectivity index is 2.61. The number of nitrogens with two attached hydrogens (primary N) is 1. The van der Waals surface area contributed by atoms with Crippen LogP contribution in [0.5, 0.6) is 0 Å². The topological polar surface area (TPSA) is 56.7 Å². The zero-order valence-corrected chi connectivity index (χ0v) is 5.41. The molecule has 1 aromatic heterocycles. The van der Waals surface area contributed by atoms with E-state index in [1.54, 1.807) is 11.0 Å². The fraction of sp³-hybridized carbons (Fsp3) is 0.600. The second kappa shape index (κ2) is 2.59. The van der Waals surface area contributed by atoms with Gasteiger partial charge in [0.2, 0.25) is 0 Å². The summed E-state index contributed by atoms with van der Waals surface area (Å²) in [5.41, 5.74) is 5.28. The van der Waals surface area contributed by atoms with Gasteiger partial charge < -0.3 is 5.73 Å². The first-order valence-electron chi connectivity index (χ1n) is 2.87. The molecule has 0 atom stereocenters. The third-order valence-corrected chi connectivity index (χ3v) is 1.01. The second-order valence-electron chi connectivity index (χ2n) is 1.87. The first-order valence-corrected chi connectivity index (χ1v) is 2.87. The number of aryl methyl sites for hydroxylation is 1. The Morgan fingerprint density at radius 3 is 3.00 bits per heavy atom. The third-order valence-electron chi connectivity index (χ3n) is 1.01. The zero-order valence-electron chi connectivity index (χ0n) is 5.41. The van der Waals surface area contributed by atoms with Crippen molar-refractivity contribution in [1.82, 2.24) is 14.8 Å². The van der Waals surface area contributed by atoms with Crippen LogP contribution in [-0.4, -0.2) is 21.3 Å². The van der Waals surface area contributed by atoms with Crippen molar-refractivity contribution in [2.75, 3.05) is 6.54 Å². The summed E-state index contributed by atoms with van der Waals surface area (Å²) in [5, 5.41) is 4.03. The standard InChI is InChI=1S/C5H10N4/c1-9-4-7-5(8-9)2-3-6/h4H,2-3,6H2,1H3. The molecule has 50 valence electrons. The van der Waals surface area contributed by atoms with Gasteiger partial charge in [-0.05, 0) is 6.54 Å². The van der Waals surface area contributed by atoms with Crippen molar-refractivity contribution in [1.29, 1.82) is 0 Å². The van der Waals surface area contributed by atoms with E-state index in [9.17, 15) is 0 Å². The van der Waals surface area contributed by atoms with Crippen LogP contribution in [0.25, 0.3) is 0 Å². The monoisotopic (exact) mass is 126 g/mol. The Morgan fingerprint density at radius 1 is 1.78 bits per heavy atom. The normalized spacial score (nSPS) is 10.0. The summed E-state index contributed by atoms with van der Waals surface area (Å²) in [6, 6.07) is 0. The van der Waals surface area contributed by atoms with E-state index in [-0.39, 0.29) is 0 Å². The van der Waals surface area contributed by atoms with Crippen molar-refractivity contribution in [3.05, 3.63) is 12.2 Å². The summed E-state index contributed by atoms with van der Waals surface area (Å²) in [4.78, 5) is 3.98. The van der Waals surface area contributed by atoms with Crippen LogP contribution < -0.4 is 5.73 Å². The fourth-order valence-electron chi connectivity index (χ4n) is 0.628. The largest absolute Gasteiger partial charge is 0.330 e. The molecule has 0 saturated heterocycles. The van der Waals surface area contributed by atoms with E-state index < -0.39 is 0 Å². The lowest BCUT2D eigenvalue weighted by molar-refractivity contribution is 0.739. The number of rotatable bonds is 2. The van der Waals surface area contributed by atoms with Gasteiger partial charge >= 0.3 is 0 Å². The Bertz CT molecular complexity index is 181. The molecule has 0 aliphatic rings. The molecule has 9 heavy (non-hydrogen) atoms. The smallest absolute Gasteiger partial charge is 0.151 e. The Hall–Kier alpha value is -0.900. The maximum absolute atomic E-state index is 5.28. The van der Waals surface area contributed by atoms with Crippen molar-refractivity contribution in [2.24, 2.45) is 12.8 Å². The molecule has 0 saturated carbocycles. The van der Waals surface area contributed by atoms with Crippen molar-refractivity contribution < 1.29 is 0 Å². The Kier molecular flexibility index (Phi) is 1.79. The van der Waals surface area contributed by atoms with Gasteiger partial charge in [-0.1, -0.05) is 0 Å². The van der Waals surface area contributed by atoms with Gasteiger partial charge in [-0.15, -0.1) is 0 Å². The molecule has 0 aliphatic carbocycles. The number of aromatic nitrogens is 3. The molecule has 4 heteroatoms. The van der Waals surface area contributed by atoms with Crippen LogP contribution in [0.4, 0.5) is 0 Å². The van der Waals surface area contributed by atoms with Gasteiger partial charge in [-0.25, -0.2) is 4.98 Å². The van der Waals surface area contributed by atoms with Gasteiger partial charge in [0.15, 0.2) is 5.82 Å². The molecule has 0 bridgehead atoms. The summed E-state index contributed by atoms with van der Waals surface area (Å²) < 4.78 is 1.67. The Labute approximate surface area is 53.7 Å². The van der Waals surface area contributed by atoms with Crippen LogP contribution in [0.3, 0.4) is 0 Å². The summed E-state index contributed by atoms with van der Waals surface area (Å²) in [7, 11) is 1.84. The highest BCUT2D eigenvalue weighted by Crippen LogP contribution is 1.85. The highest BCUT2D eigenvalue weighted by Gasteiger charge is 1.93. The predicted molar refractivity (Wildman–Crippen MR) is 33.8 cm³/mol. The van der Waals surface area contributed by atoms with Crippen LogP contribution in [0.1, 0.15) is 5.82 Å². The van der Waals surface area contributed by atoms with Crippen molar-refractivity contribution in [2.45, 2.75) is 6.42 Å². The summed E-state index contributed by atoms with van der Waals surface area (Å²) in [6.45, 7) is 0.615. The van der Waals surface area contributed by atoms with Crippen LogP contribution in [-0.2, 0) is 13.5 Å². The predicted octanol–water partition coefficient (Wildman–Crippen LogP) is -0.684. The van der Waals surface area contributed by atoms with Crippen molar-refractivity contribution in [3.63, 3.8) is 0 Å². The molecule has 0 aliphatic heterocycles. The molecule has 0 aromatic carbocycles. The van der Waals surface area contributed by atoms with Gasteiger partial charge in [0.05, 0.1) is 0 Å². The lowest BCUT2D eigenvalue weighted by atomic mass is 10.4. The summed E-state index contributed by atoms with van der Waals surface area (Å²) in [6.07, 6.45) is 2.44. The van der Waals surface area contributed by atoms with Gasteiger partial charge in [0.25, 0.3) is 0 Å². The van der Waals surface area contributed by atoms with E-state index in [0.717, 1.165) is 12.2 Å². The number of hydrogen-bond donors (Lipinski definition) is 1. The van der Waals surface area contributed by atoms with Crippen LogP contribution in [0.15, 0.2) is 6.33 Å². The van der Waals surface area contributed by atoms with E-state index in [1.165, 1.54) is 0 Å². The highest BCUT2D eigenvalue weighted by molar-refractivity contribution is 4.80. The highest BCUT2D eigenvalue weighted by atomic mass is 15.3. The first-order chi connectivity index (χ1) is 4.33. The summed E-state index contributed by atoms with van der Waals surface area (Å²) in [5.74, 6) is 0.819. The van der Waals surface area contributed by atoms with Gasteiger partial charge in [0.1, 0.15) is 6.33 Å². The van der Waals surface area contributed by atoms with Crippen LogP contribution in [0.2, 0.25) is 0 Å². The minimum Gasteiger partial charge on any atom is -0.330 e. The minimum absolute atomic E-state index is 0.615. The average molecular weight is 126 g/mol. The molecule has 2 N–H and O–H groups in total. The molecule has 0 amide bonds. The van der Waals surface area contributed by atoms with E-state index in [2.05, 4.69) is 10.1 Å². The van der Waals surface area contributed by atoms with E-state index in [1.807, 2.05) is 7.05 Å². The fourth-order valence-corrected chi connectivity index (χ4v) is 0.628. The lowest BCUT2D eigenvalue weighted by Gasteiger charge is -1.85. The minimum atomic E-state index is 0.615. The maximum atomic E-state index is 5.28. The number of hydrogen-bond acceptors (Lipinski definition) is 3. The van der Waals surface area contributed by atoms with E-state index in [4.69, 9.17) is 5.73 Å². The number of nitrogens with zero attached hydrogens (tertiary/aromatic N) is 3. The third kappa shape index (κ3) is 1.50. The quantitative estimate of drug-likeness (QED) is 0.571. The molecular weight excluding hydrogens is 116 g/mol. The second-order valence-corrected chi connectivity index (χ2v) is 1.87. The average Bonchev–Trinajstić information content (AvgIpc) is 2.17. The maximum Gasteiger partial charge on any atom is 0.151 e. The van der Waals surface area contributed by atoms with Gasteiger partial charge in [0, 0.05) is 13.5 Å². The molecule has 1 rings (SSSR count). The zero-order chi connectivity index (χ0) is 6.69. The molecule has 0 spiro atoms. The van der Waals surface area contributed by atoms with Crippen LogP contribution in [0, 0.1) is 0 Å². The Morgan fingerprint density at radius 2 is 2.56 bits per heavy atom. The van der Waals surface area contributed by atoms with E-state index >= 15 is 0 Å². The first kappa shape index (κ1) is 6.22. The summed E-state index contributed by atoms with van der Waals surface area (Å²) >= 11 is 0. The van der Waals surface area contributed by atoms with Gasteiger partial charge in [-0.2, -0.15) is 5.10 Å². The molecule has 4 nitrogen and oxygen atoms in total. The molecule has 1 aromatic rings. The molecule has 0 radical (unpaired) electrons. The molecular formula is C5H10N4. The SMILES string of the molecule is Cn1cnc(CCN)n1. The molecule has 0 unspecified atom stereocenters. The lowest BCUT2D eigenvalue weighted by Crippen LogP contribution is -2.04.